The molecule has 0 aromatic heterocycles. The third-order valence-electron chi connectivity index (χ3n) is 2.44. The highest BCUT2D eigenvalue weighted by Crippen LogP contribution is 2.19. The molecule has 0 aliphatic heterocycles. The van der Waals surface area contributed by atoms with E-state index in [4.69, 9.17) is 0 Å². The van der Waals surface area contributed by atoms with E-state index in [9.17, 15) is 0 Å². The van der Waals surface area contributed by atoms with Crippen molar-refractivity contribution in [3.8, 4) is 11.1 Å². The highest BCUT2D eigenvalue weighted by molar-refractivity contribution is 5.63. The minimum Gasteiger partial charge on any atom is -0.0683 e. The van der Waals surface area contributed by atoms with Crippen LogP contribution in [-0.2, 0) is 0 Å². The van der Waals surface area contributed by atoms with Gasteiger partial charge in [0.1, 0.15) is 0 Å². The van der Waals surface area contributed by atoms with Gasteiger partial charge in [0.15, 0.2) is 0 Å². The van der Waals surface area contributed by atoms with Crippen LogP contribution in [0.5, 0.6) is 0 Å². The largest absolute Gasteiger partial charge is 0.0683 e. The summed E-state index contributed by atoms with van der Waals surface area (Å²) in [4.78, 5) is 0. The predicted molar refractivity (Wildman–Crippen MR) is 84.0 cm³/mol. The Morgan fingerprint density at radius 3 is 0.889 bits per heavy atom. The van der Waals surface area contributed by atoms with Crippen molar-refractivity contribution in [1.29, 1.82) is 0 Å². The zero-order valence-corrected chi connectivity index (χ0v) is 12.6. The second kappa shape index (κ2) is 9.47. The highest BCUT2D eigenvalue weighted by atomic mass is 14.0. The molecule has 98 valence electrons. The van der Waals surface area contributed by atoms with Crippen LogP contribution in [0.3, 0.4) is 0 Å². The number of hydrogen-bond acceptors (Lipinski definition) is 0. The standard InChI is InChI=1S/C14H14.2C2H6/c1-11-3-7-13(8-4-11)14-9-5-12(2)6-10-14;2*1-2/h3-10H,1-2H3;2*1-2H3. The van der Waals surface area contributed by atoms with Gasteiger partial charge in [0.05, 0.1) is 0 Å². The van der Waals surface area contributed by atoms with Crippen LogP contribution in [0.15, 0.2) is 48.5 Å². The molecule has 0 saturated heterocycles. The summed E-state index contributed by atoms with van der Waals surface area (Å²) in [5.74, 6) is 0. The Morgan fingerprint density at radius 2 is 0.667 bits per heavy atom. The number of aryl methyl sites for hydroxylation is 2. The number of benzene rings is 2. The molecule has 18 heavy (non-hydrogen) atoms. The van der Waals surface area contributed by atoms with Gasteiger partial charge >= 0.3 is 0 Å². The van der Waals surface area contributed by atoms with Gasteiger partial charge in [0.25, 0.3) is 0 Å². The van der Waals surface area contributed by atoms with Crippen molar-refractivity contribution >= 4 is 0 Å². The van der Waals surface area contributed by atoms with Gasteiger partial charge in [-0.15, -0.1) is 0 Å². The van der Waals surface area contributed by atoms with Gasteiger partial charge in [0, 0.05) is 0 Å². The summed E-state index contributed by atoms with van der Waals surface area (Å²) < 4.78 is 0. The number of rotatable bonds is 1. The van der Waals surface area contributed by atoms with E-state index in [0.717, 1.165) is 0 Å². The maximum atomic E-state index is 2.17. The van der Waals surface area contributed by atoms with Gasteiger partial charge in [-0.1, -0.05) is 87.4 Å². The van der Waals surface area contributed by atoms with E-state index in [1.807, 2.05) is 27.7 Å². The lowest BCUT2D eigenvalue weighted by molar-refractivity contribution is 1.45. The van der Waals surface area contributed by atoms with Crippen LogP contribution in [-0.4, -0.2) is 0 Å². The zero-order chi connectivity index (χ0) is 14.0. The molecule has 0 bridgehead atoms. The third-order valence-corrected chi connectivity index (χ3v) is 2.44. The lowest BCUT2D eigenvalue weighted by Gasteiger charge is -2.02. The highest BCUT2D eigenvalue weighted by Gasteiger charge is 1.95. The maximum absolute atomic E-state index is 2.17. The Morgan fingerprint density at radius 1 is 0.444 bits per heavy atom. The first-order valence-corrected chi connectivity index (χ1v) is 6.89. The van der Waals surface area contributed by atoms with Crippen LogP contribution < -0.4 is 0 Å². The number of hydrogen-bond donors (Lipinski definition) is 0. The molecule has 0 atom stereocenters. The van der Waals surface area contributed by atoms with Crippen molar-refractivity contribution in [2.24, 2.45) is 0 Å². The first-order valence-electron chi connectivity index (χ1n) is 6.89. The molecular formula is C18H26. The Hall–Kier alpha value is -1.56. The summed E-state index contributed by atoms with van der Waals surface area (Å²) in [6.07, 6.45) is 0. The smallest absolute Gasteiger partial charge is 0.0184 e. The first kappa shape index (κ1) is 16.4. The normalized spacial score (nSPS) is 8.56. The minimum absolute atomic E-state index is 1.29. The molecule has 2 aromatic carbocycles. The fraction of sp³-hybridized carbons (Fsp3) is 0.333. The quantitative estimate of drug-likeness (QED) is 0.573. The molecule has 0 spiro atoms. The van der Waals surface area contributed by atoms with Gasteiger partial charge < -0.3 is 0 Å². The van der Waals surface area contributed by atoms with E-state index in [-0.39, 0.29) is 0 Å². The summed E-state index contributed by atoms with van der Waals surface area (Å²) in [6.45, 7) is 12.2. The second-order valence-corrected chi connectivity index (χ2v) is 3.73. The molecule has 0 aliphatic carbocycles. The van der Waals surface area contributed by atoms with Gasteiger partial charge in [-0.3, -0.25) is 0 Å². The lowest BCUT2D eigenvalue weighted by atomic mass is 10.0. The zero-order valence-electron chi connectivity index (χ0n) is 12.6. The van der Waals surface area contributed by atoms with Gasteiger partial charge in [0.2, 0.25) is 0 Å². The van der Waals surface area contributed by atoms with Crippen LogP contribution >= 0.6 is 0 Å². The Bertz CT molecular complexity index is 363. The van der Waals surface area contributed by atoms with E-state index in [1.165, 1.54) is 22.3 Å². The summed E-state index contributed by atoms with van der Waals surface area (Å²) >= 11 is 0. The molecule has 0 fully saturated rings. The molecule has 0 radical (unpaired) electrons. The molecule has 0 unspecified atom stereocenters. The monoisotopic (exact) mass is 242 g/mol. The molecule has 0 amide bonds. The molecular weight excluding hydrogens is 216 g/mol. The SMILES string of the molecule is CC.CC.Cc1ccc(-c2ccc(C)cc2)cc1. The fourth-order valence-electron chi connectivity index (χ4n) is 1.49. The van der Waals surface area contributed by atoms with E-state index >= 15 is 0 Å². The average Bonchev–Trinajstić information content (AvgIpc) is 2.45. The Balaban J connectivity index is 0.000000659. The Kier molecular flexibility index (Phi) is 8.65. The van der Waals surface area contributed by atoms with Crippen LogP contribution in [0.4, 0.5) is 0 Å². The van der Waals surface area contributed by atoms with E-state index < -0.39 is 0 Å². The molecule has 0 aliphatic rings. The van der Waals surface area contributed by atoms with Crippen molar-refractivity contribution in [2.45, 2.75) is 41.5 Å². The van der Waals surface area contributed by atoms with E-state index in [1.54, 1.807) is 0 Å². The minimum atomic E-state index is 1.29. The van der Waals surface area contributed by atoms with Crippen LogP contribution in [0.1, 0.15) is 38.8 Å². The van der Waals surface area contributed by atoms with Crippen molar-refractivity contribution < 1.29 is 0 Å². The van der Waals surface area contributed by atoms with Crippen molar-refractivity contribution in [3.63, 3.8) is 0 Å². The van der Waals surface area contributed by atoms with Gasteiger partial charge in [-0.25, -0.2) is 0 Å². The van der Waals surface area contributed by atoms with Crippen molar-refractivity contribution in [3.05, 3.63) is 59.7 Å². The van der Waals surface area contributed by atoms with Crippen LogP contribution in [0.25, 0.3) is 11.1 Å². The van der Waals surface area contributed by atoms with Crippen molar-refractivity contribution in [1.82, 2.24) is 0 Å². The molecule has 2 rings (SSSR count). The molecule has 2 aromatic rings. The van der Waals surface area contributed by atoms with Gasteiger partial charge in [-0.2, -0.15) is 0 Å². The molecule has 0 heteroatoms. The molecule has 0 saturated carbocycles. The lowest BCUT2D eigenvalue weighted by Crippen LogP contribution is -1.78. The summed E-state index contributed by atoms with van der Waals surface area (Å²) in [5.41, 5.74) is 5.19. The average molecular weight is 242 g/mol. The molecule has 0 N–H and O–H groups in total. The summed E-state index contributed by atoms with van der Waals surface area (Å²) in [7, 11) is 0. The van der Waals surface area contributed by atoms with E-state index in [0.29, 0.717) is 0 Å². The van der Waals surface area contributed by atoms with Crippen LogP contribution in [0, 0.1) is 13.8 Å². The topological polar surface area (TPSA) is 0 Å². The summed E-state index contributed by atoms with van der Waals surface area (Å²) in [5, 5.41) is 0. The second-order valence-electron chi connectivity index (χ2n) is 3.73. The summed E-state index contributed by atoms with van der Waals surface area (Å²) in [6, 6.07) is 17.3. The first-order chi connectivity index (χ1) is 8.75. The predicted octanol–water partition coefficient (Wildman–Crippen LogP) is 6.02. The fourth-order valence-corrected chi connectivity index (χ4v) is 1.49. The molecule has 0 heterocycles. The van der Waals surface area contributed by atoms with Gasteiger partial charge in [-0.05, 0) is 25.0 Å². The maximum Gasteiger partial charge on any atom is -0.0184 e. The Labute approximate surface area is 113 Å². The van der Waals surface area contributed by atoms with E-state index in [2.05, 4.69) is 62.4 Å². The third kappa shape index (κ3) is 5.18. The van der Waals surface area contributed by atoms with Crippen LogP contribution in [0.2, 0.25) is 0 Å². The molecule has 0 nitrogen and oxygen atoms in total. The van der Waals surface area contributed by atoms with Crippen molar-refractivity contribution in [2.75, 3.05) is 0 Å².